The third-order valence-electron chi connectivity index (χ3n) is 3.32. The van der Waals surface area contributed by atoms with E-state index in [1.54, 1.807) is 7.11 Å². The highest BCUT2D eigenvalue weighted by molar-refractivity contribution is 6.30. The molecule has 0 aliphatic rings. The van der Waals surface area contributed by atoms with E-state index in [2.05, 4.69) is 25.2 Å². The molecule has 0 saturated carbocycles. The van der Waals surface area contributed by atoms with Crippen LogP contribution >= 0.6 is 11.6 Å². The number of benzene rings is 2. The van der Waals surface area contributed by atoms with Crippen LogP contribution in [0.2, 0.25) is 5.02 Å². The van der Waals surface area contributed by atoms with Crippen LogP contribution in [-0.2, 0) is 6.42 Å². The first-order valence-electron chi connectivity index (χ1n) is 6.74. The number of halogens is 1. The first-order valence-corrected chi connectivity index (χ1v) is 7.12. The van der Waals surface area contributed by atoms with Crippen molar-refractivity contribution in [2.24, 2.45) is 0 Å². The average Bonchev–Trinajstić information content (AvgIpc) is 2.43. The van der Waals surface area contributed by atoms with Crippen molar-refractivity contribution in [2.75, 3.05) is 12.4 Å². The summed E-state index contributed by atoms with van der Waals surface area (Å²) >= 11 is 6.05. The number of rotatable bonds is 5. The summed E-state index contributed by atoms with van der Waals surface area (Å²) in [5, 5.41) is 4.26. The van der Waals surface area contributed by atoms with Crippen molar-refractivity contribution in [3.05, 3.63) is 58.6 Å². The number of hydrogen-bond acceptors (Lipinski definition) is 2. The van der Waals surface area contributed by atoms with Crippen LogP contribution in [0.4, 0.5) is 5.69 Å². The molecule has 2 nitrogen and oxygen atoms in total. The summed E-state index contributed by atoms with van der Waals surface area (Å²) < 4.78 is 5.39. The van der Waals surface area contributed by atoms with Gasteiger partial charge in [0.15, 0.2) is 0 Å². The molecule has 106 valence electrons. The van der Waals surface area contributed by atoms with Gasteiger partial charge in [0.05, 0.1) is 7.11 Å². The maximum Gasteiger partial charge on any atom is 0.122 e. The summed E-state index contributed by atoms with van der Waals surface area (Å²) in [5.74, 6) is 0.934. The summed E-state index contributed by atoms with van der Waals surface area (Å²) in [6, 6.07) is 14.3. The lowest BCUT2D eigenvalue weighted by molar-refractivity contribution is 0.409. The minimum absolute atomic E-state index is 0.295. The zero-order valence-electron chi connectivity index (χ0n) is 12.1. The Labute approximate surface area is 125 Å². The quantitative estimate of drug-likeness (QED) is 0.861. The molecule has 1 N–H and O–H groups in total. The van der Waals surface area contributed by atoms with Gasteiger partial charge in [-0.2, -0.15) is 0 Å². The van der Waals surface area contributed by atoms with Crippen molar-refractivity contribution < 1.29 is 4.74 Å². The molecular weight excluding hydrogens is 270 g/mol. The van der Waals surface area contributed by atoms with Crippen LogP contribution < -0.4 is 10.1 Å². The zero-order valence-corrected chi connectivity index (χ0v) is 12.9. The van der Waals surface area contributed by atoms with E-state index in [0.29, 0.717) is 6.04 Å². The highest BCUT2D eigenvalue weighted by Crippen LogP contribution is 2.23. The second-order valence-electron chi connectivity index (χ2n) is 5.02. The van der Waals surface area contributed by atoms with Gasteiger partial charge in [0.1, 0.15) is 5.75 Å². The van der Waals surface area contributed by atoms with Gasteiger partial charge in [-0.05, 0) is 49.6 Å². The molecule has 0 amide bonds. The van der Waals surface area contributed by atoms with Crippen molar-refractivity contribution in [1.82, 2.24) is 0 Å². The highest BCUT2D eigenvalue weighted by atomic mass is 35.5. The fraction of sp³-hybridized carbons (Fsp3) is 0.294. The van der Waals surface area contributed by atoms with Crippen molar-refractivity contribution in [3.63, 3.8) is 0 Å². The maximum absolute atomic E-state index is 6.05. The minimum Gasteiger partial charge on any atom is -0.496 e. The molecule has 0 spiro atoms. The molecule has 0 saturated heterocycles. The first-order chi connectivity index (χ1) is 9.60. The van der Waals surface area contributed by atoms with E-state index < -0.39 is 0 Å². The second kappa shape index (κ2) is 6.67. The van der Waals surface area contributed by atoms with Gasteiger partial charge in [-0.25, -0.2) is 0 Å². The third kappa shape index (κ3) is 3.67. The smallest absolute Gasteiger partial charge is 0.122 e. The third-order valence-corrected chi connectivity index (χ3v) is 3.56. The molecule has 20 heavy (non-hydrogen) atoms. The van der Waals surface area contributed by atoms with Crippen LogP contribution in [0.5, 0.6) is 5.75 Å². The molecule has 2 aromatic carbocycles. The Kier molecular flexibility index (Phi) is 4.91. The van der Waals surface area contributed by atoms with Crippen molar-refractivity contribution in [1.29, 1.82) is 0 Å². The van der Waals surface area contributed by atoms with Crippen LogP contribution in [0, 0.1) is 6.92 Å². The van der Waals surface area contributed by atoms with Crippen LogP contribution in [0.25, 0.3) is 0 Å². The molecular formula is C17H20ClNO. The van der Waals surface area contributed by atoms with E-state index in [0.717, 1.165) is 22.9 Å². The van der Waals surface area contributed by atoms with Gasteiger partial charge in [-0.15, -0.1) is 0 Å². The van der Waals surface area contributed by atoms with E-state index in [-0.39, 0.29) is 0 Å². The largest absolute Gasteiger partial charge is 0.496 e. The molecule has 2 aromatic rings. The number of para-hydroxylation sites is 1. The van der Waals surface area contributed by atoms with E-state index in [9.17, 15) is 0 Å². The lowest BCUT2D eigenvalue weighted by atomic mass is 10.1. The molecule has 0 radical (unpaired) electrons. The Morgan fingerprint density at radius 1 is 1.20 bits per heavy atom. The lowest BCUT2D eigenvalue weighted by Gasteiger charge is -2.18. The molecule has 0 fully saturated rings. The highest BCUT2D eigenvalue weighted by Gasteiger charge is 2.09. The van der Waals surface area contributed by atoms with Gasteiger partial charge in [-0.1, -0.05) is 35.9 Å². The van der Waals surface area contributed by atoms with Crippen molar-refractivity contribution in [3.8, 4) is 5.75 Å². The average molecular weight is 290 g/mol. The Morgan fingerprint density at radius 3 is 2.70 bits per heavy atom. The Bertz CT molecular complexity index is 583. The summed E-state index contributed by atoms with van der Waals surface area (Å²) in [4.78, 5) is 0. The maximum atomic E-state index is 6.05. The fourth-order valence-corrected chi connectivity index (χ4v) is 2.44. The number of hydrogen-bond donors (Lipinski definition) is 1. The normalized spacial score (nSPS) is 12.0. The van der Waals surface area contributed by atoms with E-state index in [1.165, 1.54) is 11.1 Å². The second-order valence-corrected chi connectivity index (χ2v) is 5.46. The summed E-state index contributed by atoms with van der Waals surface area (Å²) in [5.41, 5.74) is 3.48. The molecule has 3 heteroatoms. The number of anilines is 1. The molecule has 0 aromatic heterocycles. The number of methoxy groups -OCH3 is 1. The standard InChI is InChI=1S/C17H20ClNO/c1-12-8-9-15(18)11-16(12)19-13(2)10-14-6-4-5-7-17(14)20-3/h4-9,11,13,19H,10H2,1-3H3. The van der Waals surface area contributed by atoms with Crippen molar-refractivity contribution >= 4 is 17.3 Å². The van der Waals surface area contributed by atoms with E-state index >= 15 is 0 Å². The SMILES string of the molecule is COc1ccccc1CC(C)Nc1cc(Cl)ccc1C. The van der Waals surface area contributed by atoms with Gasteiger partial charge < -0.3 is 10.1 Å². The summed E-state index contributed by atoms with van der Waals surface area (Å²) in [6.07, 6.45) is 0.899. The minimum atomic E-state index is 0.295. The predicted octanol–water partition coefficient (Wildman–Crippen LogP) is 4.70. The van der Waals surface area contributed by atoms with Crippen LogP contribution in [0.3, 0.4) is 0 Å². The molecule has 0 aliphatic carbocycles. The molecule has 0 bridgehead atoms. The summed E-state index contributed by atoms with van der Waals surface area (Å²) in [6.45, 7) is 4.24. The topological polar surface area (TPSA) is 21.3 Å². The Balaban J connectivity index is 2.09. The fourth-order valence-electron chi connectivity index (χ4n) is 2.27. The predicted molar refractivity (Wildman–Crippen MR) is 86.0 cm³/mol. The zero-order chi connectivity index (χ0) is 14.5. The molecule has 0 heterocycles. The number of ether oxygens (including phenoxy) is 1. The first kappa shape index (κ1) is 14.7. The molecule has 2 rings (SSSR count). The van der Waals surface area contributed by atoms with Crippen LogP contribution in [0.15, 0.2) is 42.5 Å². The van der Waals surface area contributed by atoms with Crippen LogP contribution in [0.1, 0.15) is 18.1 Å². The summed E-state index contributed by atoms with van der Waals surface area (Å²) in [7, 11) is 1.71. The molecule has 1 unspecified atom stereocenters. The number of aryl methyl sites for hydroxylation is 1. The van der Waals surface area contributed by atoms with E-state index in [4.69, 9.17) is 16.3 Å². The monoisotopic (exact) mass is 289 g/mol. The van der Waals surface area contributed by atoms with Crippen LogP contribution in [-0.4, -0.2) is 13.2 Å². The van der Waals surface area contributed by atoms with Gasteiger partial charge >= 0.3 is 0 Å². The molecule has 0 aliphatic heterocycles. The van der Waals surface area contributed by atoms with Gasteiger partial charge in [0.2, 0.25) is 0 Å². The molecule has 1 atom stereocenters. The number of nitrogens with one attached hydrogen (secondary N) is 1. The van der Waals surface area contributed by atoms with E-state index in [1.807, 2.05) is 36.4 Å². The van der Waals surface area contributed by atoms with Gasteiger partial charge in [0, 0.05) is 16.8 Å². The van der Waals surface area contributed by atoms with Gasteiger partial charge in [-0.3, -0.25) is 0 Å². The Morgan fingerprint density at radius 2 is 1.95 bits per heavy atom. The lowest BCUT2D eigenvalue weighted by Crippen LogP contribution is -2.19. The van der Waals surface area contributed by atoms with Crippen molar-refractivity contribution in [2.45, 2.75) is 26.3 Å². The van der Waals surface area contributed by atoms with Gasteiger partial charge in [0.25, 0.3) is 0 Å². The Hall–Kier alpha value is -1.67.